The first-order valence-corrected chi connectivity index (χ1v) is 7.44. The summed E-state index contributed by atoms with van der Waals surface area (Å²) in [6, 6.07) is 3.94. The number of hydrogen-bond acceptors (Lipinski definition) is 3. The maximum atomic E-state index is 10.5. The number of nitrogens with one attached hydrogen (secondary N) is 1. The van der Waals surface area contributed by atoms with Crippen molar-refractivity contribution in [3.05, 3.63) is 54.1 Å². The summed E-state index contributed by atoms with van der Waals surface area (Å²) in [7, 11) is 0. The van der Waals surface area contributed by atoms with Crippen molar-refractivity contribution in [2.45, 2.75) is 48.5 Å². The van der Waals surface area contributed by atoms with E-state index >= 15 is 0 Å². The zero-order valence-electron chi connectivity index (χ0n) is 15.1. The Kier molecular flexibility index (Phi) is 21.1. The summed E-state index contributed by atoms with van der Waals surface area (Å²) < 4.78 is 0. The van der Waals surface area contributed by atoms with E-state index in [1.807, 2.05) is 53.7 Å². The highest BCUT2D eigenvalue weighted by molar-refractivity contribution is 5.75. The van der Waals surface area contributed by atoms with Crippen molar-refractivity contribution in [3.8, 4) is 0 Å². The molecule has 124 valence electrons. The van der Waals surface area contributed by atoms with E-state index < -0.39 is 0 Å². The van der Waals surface area contributed by atoms with Crippen LogP contribution < -0.4 is 5.32 Å². The van der Waals surface area contributed by atoms with Gasteiger partial charge in [-0.3, -0.25) is 9.78 Å². The first-order chi connectivity index (χ1) is 10.5. The molecular weight excluding hydrogens is 274 g/mol. The van der Waals surface area contributed by atoms with Crippen LogP contribution in [0.1, 0.15) is 47.1 Å². The molecular formula is C18H31N3O. The van der Waals surface area contributed by atoms with E-state index in [1.165, 1.54) is 12.5 Å². The molecule has 0 bridgehead atoms. The van der Waals surface area contributed by atoms with Crippen LogP contribution in [0.15, 0.2) is 53.6 Å². The lowest BCUT2D eigenvalue weighted by Gasteiger charge is -1.99. The summed E-state index contributed by atoms with van der Waals surface area (Å²) >= 11 is 0. The molecule has 4 nitrogen and oxygen atoms in total. The van der Waals surface area contributed by atoms with Crippen molar-refractivity contribution in [3.63, 3.8) is 0 Å². The largest absolute Gasteiger partial charge is 0.311 e. The molecule has 1 heterocycles. The molecule has 0 aliphatic carbocycles. The third kappa shape index (κ3) is 20.1. The normalized spacial score (nSPS) is 8.59. The van der Waals surface area contributed by atoms with Gasteiger partial charge in [0.05, 0.1) is 0 Å². The molecule has 0 spiro atoms. The second-order valence-corrected chi connectivity index (χ2v) is 3.74. The predicted octanol–water partition coefficient (Wildman–Crippen LogP) is 4.68. The number of aliphatic imine (C=N–C) groups is 1. The standard InChI is InChI=1S/C8H12N2O.C6H7N.2C2H6/c1-6(2)5-8(9-4)10-7(3)11;1-6-2-4-7-5-3-6;2*1-2/h5H,1,4H2,2-3H3,(H,10,11);2-5H,1H3;2*1-2H3/b8-5+;;;. The molecule has 22 heavy (non-hydrogen) atoms. The molecule has 4 heteroatoms. The maximum absolute atomic E-state index is 10.5. The number of pyridine rings is 1. The number of aryl methyl sites for hydroxylation is 1. The van der Waals surface area contributed by atoms with Crippen LogP contribution in [0.25, 0.3) is 0 Å². The van der Waals surface area contributed by atoms with Crippen LogP contribution in [0.3, 0.4) is 0 Å². The van der Waals surface area contributed by atoms with Gasteiger partial charge >= 0.3 is 0 Å². The molecule has 1 rings (SSSR count). The van der Waals surface area contributed by atoms with Crippen molar-refractivity contribution < 1.29 is 4.79 Å². The molecule has 1 aromatic heterocycles. The van der Waals surface area contributed by atoms with Crippen LogP contribution in [0.4, 0.5) is 0 Å². The van der Waals surface area contributed by atoms with Crippen LogP contribution in [0, 0.1) is 6.92 Å². The van der Waals surface area contributed by atoms with E-state index in [0.717, 1.165) is 5.57 Å². The summed E-state index contributed by atoms with van der Waals surface area (Å²) in [4.78, 5) is 18.0. The van der Waals surface area contributed by atoms with Crippen LogP contribution >= 0.6 is 0 Å². The second kappa shape index (κ2) is 18.8. The van der Waals surface area contributed by atoms with Crippen molar-refractivity contribution >= 4 is 12.6 Å². The molecule has 1 N–H and O–H groups in total. The van der Waals surface area contributed by atoms with E-state index in [2.05, 4.69) is 28.6 Å². The van der Waals surface area contributed by atoms with Gasteiger partial charge in [0.25, 0.3) is 0 Å². The molecule has 0 saturated heterocycles. The fraction of sp³-hybridized carbons (Fsp3) is 0.389. The molecule has 0 atom stereocenters. The van der Waals surface area contributed by atoms with Crippen LogP contribution in [0.5, 0.6) is 0 Å². The van der Waals surface area contributed by atoms with Crippen LogP contribution in [0.2, 0.25) is 0 Å². The van der Waals surface area contributed by atoms with Gasteiger partial charge in [0.2, 0.25) is 5.91 Å². The van der Waals surface area contributed by atoms with Gasteiger partial charge in [0.1, 0.15) is 5.82 Å². The van der Waals surface area contributed by atoms with Gasteiger partial charge in [0.15, 0.2) is 0 Å². The fourth-order valence-electron chi connectivity index (χ4n) is 0.961. The third-order valence-corrected chi connectivity index (χ3v) is 1.70. The topological polar surface area (TPSA) is 54.4 Å². The Hall–Kier alpha value is -2.23. The van der Waals surface area contributed by atoms with E-state index in [4.69, 9.17) is 0 Å². The van der Waals surface area contributed by atoms with Gasteiger partial charge in [-0.05, 0) is 44.3 Å². The zero-order chi connectivity index (χ0) is 18.0. The summed E-state index contributed by atoms with van der Waals surface area (Å²) in [6.07, 6.45) is 5.22. The number of nitrogens with zero attached hydrogens (tertiary/aromatic N) is 2. The molecule has 0 unspecified atom stereocenters. The summed E-state index contributed by atoms with van der Waals surface area (Å²) in [5.74, 6) is 0.273. The Labute approximate surface area is 136 Å². The smallest absolute Gasteiger partial charge is 0.222 e. The van der Waals surface area contributed by atoms with Crippen LogP contribution in [-0.2, 0) is 4.79 Å². The SMILES string of the molecule is C=N/C(=C\C(=C)C)NC(C)=O.CC.CC.Cc1ccncc1. The van der Waals surface area contributed by atoms with E-state index in [9.17, 15) is 4.79 Å². The van der Waals surface area contributed by atoms with Crippen molar-refractivity contribution in [2.24, 2.45) is 4.99 Å². The number of hydrogen-bond donors (Lipinski definition) is 1. The predicted molar refractivity (Wildman–Crippen MR) is 97.9 cm³/mol. The quantitative estimate of drug-likeness (QED) is 0.651. The number of rotatable bonds is 3. The Bertz CT molecular complexity index is 437. The molecule has 1 aromatic rings. The average molecular weight is 305 g/mol. The summed E-state index contributed by atoms with van der Waals surface area (Å²) in [5, 5.41) is 2.49. The summed E-state index contributed by atoms with van der Waals surface area (Å²) in [5.41, 5.74) is 2.08. The van der Waals surface area contributed by atoms with Crippen LogP contribution in [-0.4, -0.2) is 17.6 Å². The molecule has 0 radical (unpaired) electrons. The highest BCUT2D eigenvalue weighted by atomic mass is 16.1. The molecule has 1 amide bonds. The van der Waals surface area contributed by atoms with Gasteiger partial charge in [-0.15, -0.1) is 0 Å². The molecule has 0 fully saturated rings. The molecule has 0 saturated carbocycles. The van der Waals surface area contributed by atoms with Crippen molar-refractivity contribution in [1.82, 2.24) is 10.3 Å². The van der Waals surface area contributed by atoms with Gasteiger partial charge < -0.3 is 5.32 Å². The molecule has 0 aliphatic heterocycles. The van der Waals surface area contributed by atoms with Gasteiger partial charge in [-0.25, -0.2) is 4.99 Å². The first kappa shape index (κ1) is 24.8. The highest BCUT2D eigenvalue weighted by Gasteiger charge is 1.94. The summed E-state index contributed by atoms with van der Waals surface area (Å²) in [6.45, 7) is 20.2. The van der Waals surface area contributed by atoms with Gasteiger partial charge in [0, 0.05) is 19.3 Å². The van der Waals surface area contributed by atoms with E-state index in [-0.39, 0.29) is 5.91 Å². The number of carbonyl (C=O) groups is 1. The number of amides is 1. The monoisotopic (exact) mass is 305 g/mol. The minimum atomic E-state index is -0.162. The Morgan fingerprint density at radius 2 is 1.64 bits per heavy atom. The number of aromatic nitrogens is 1. The number of carbonyl (C=O) groups excluding carboxylic acids is 1. The Morgan fingerprint density at radius 3 is 1.86 bits per heavy atom. The Morgan fingerprint density at radius 1 is 1.18 bits per heavy atom. The van der Waals surface area contributed by atoms with Crippen molar-refractivity contribution in [1.29, 1.82) is 0 Å². The minimum Gasteiger partial charge on any atom is -0.311 e. The lowest BCUT2D eigenvalue weighted by atomic mass is 10.3. The number of allylic oxidation sites excluding steroid dienone is 2. The average Bonchev–Trinajstić information content (AvgIpc) is 2.51. The second-order valence-electron chi connectivity index (χ2n) is 3.74. The van der Waals surface area contributed by atoms with E-state index in [0.29, 0.717) is 5.82 Å². The highest BCUT2D eigenvalue weighted by Crippen LogP contribution is 1.96. The Balaban J connectivity index is -0.000000280. The zero-order valence-corrected chi connectivity index (χ0v) is 15.1. The lowest BCUT2D eigenvalue weighted by Crippen LogP contribution is -2.17. The maximum Gasteiger partial charge on any atom is 0.222 e. The van der Waals surface area contributed by atoms with E-state index in [1.54, 1.807) is 18.5 Å². The van der Waals surface area contributed by atoms with Crippen molar-refractivity contribution in [2.75, 3.05) is 0 Å². The van der Waals surface area contributed by atoms with Gasteiger partial charge in [-0.2, -0.15) is 0 Å². The molecule has 0 aromatic carbocycles. The first-order valence-electron chi connectivity index (χ1n) is 7.44. The third-order valence-electron chi connectivity index (χ3n) is 1.70. The van der Waals surface area contributed by atoms with Gasteiger partial charge in [-0.1, -0.05) is 39.8 Å². The molecule has 0 aliphatic rings. The lowest BCUT2D eigenvalue weighted by molar-refractivity contribution is -0.118. The fourth-order valence-corrected chi connectivity index (χ4v) is 0.961. The minimum absolute atomic E-state index is 0.162.